The van der Waals surface area contributed by atoms with E-state index in [9.17, 15) is 0 Å². The Morgan fingerprint density at radius 1 is 1.08 bits per heavy atom. The summed E-state index contributed by atoms with van der Waals surface area (Å²) in [5.74, 6) is 0. The van der Waals surface area contributed by atoms with Gasteiger partial charge in [0.25, 0.3) is 0 Å². The summed E-state index contributed by atoms with van der Waals surface area (Å²) < 4.78 is 0. The molecule has 80 valence electrons. The summed E-state index contributed by atoms with van der Waals surface area (Å²) in [4.78, 5) is 3.03. The van der Waals surface area contributed by atoms with E-state index in [1.54, 1.807) is 0 Å². The van der Waals surface area contributed by atoms with Gasteiger partial charge in [-0.05, 0) is 6.92 Å². The van der Waals surface area contributed by atoms with Crippen LogP contribution in [0.5, 0.6) is 0 Å². The Morgan fingerprint density at radius 3 is 1.69 bits per heavy atom. The van der Waals surface area contributed by atoms with Gasteiger partial charge in [-0.3, -0.25) is 0 Å². The fourth-order valence-corrected chi connectivity index (χ4v) is 0.469. The van der Waals surface area contributed by atoms with Gasteiger partial charge >= 0.3 is 0 Å². The summed E-state index contributed by atoms with van der Waals surface area (Å²) in [5, 5.41) is 3.03. The van der Waals surface area contributed by atoms with Crippen molar-refractivity contribution in [2.45, 2.75) is 41.5 Å². The Hall–Kier alpha value is -0.790. The van der Waals surface area contributed by atoms with Gasteiger partial charge in [0.2, 0.25) is 0 Å². The average Bonchev–Trinajstić information content (AvgIpc) is 2.23. The normalized spacial score (nSPS) is 10.5. The van der Waals surface area contributed by atoms with Gasteiger partial charge in [0.1, 0.15) is 7.05 Å². The molecule has 0 bridgehead atoms. The molecule has 0 aliphatic carbocycles. The van der Waals surface area contributed by atoms with Gasteiger partial charge in [0, 0.05) is 25.7 Å². The minimum absolute atomic E-state index is 1.17. The molecule has 0 spiro atoms. The molecule has 0 rings (SSSR count). The van der Waals surface area contributed by atoms with Crippen LogP contribution < -0.4 is 10.3 Å². The van der Waals surface area contributed by atoms with E-state index in [2.05, 4.69) is 16.4 Å². The molecule has 0 aliphatic rings. The van der Waals surface area contributed by atoms with Crippen LogP contribution in [-0.4, -0.2) is 19.8 Å². The van der Waals surface area contributed by atoms with Crippen LogP contribution in [0.3, 0.4) is 0 Å². The molecule has 0 aliphatic heterocycles. The van der Waals surface area contributed by atoms with Gasteiger partial charge in [-0.15, -0.1) is 0 Å². The maximum Gasteiger partial charge on any atom is 0.172 e. The molecule has 0 amide bonds. The number of nitrogens with one attached hydrogen (secondary N) is 2. The molecule has 0 fully saturated rings. The summed E-state index contributed by atoms with van der Waals surface area (Å²) in [7, 11) is 3.82. The second-order valence-electron chi connectivity index (χ2n) is 2.01. The Labute approximate surface area is 84.2 Å². The first-order chi connectivity index (χ1) is 6.20. The van der Waals surface area contributed by atoms with E-state index in [1.807, 2.05) is 55.6 Å². The monoisotopic (exact) mass is 187 g/mol. The van der Waals surface area contributed by atoms with E-state index >= 15 is 0 Å². The van der Waals surface area contributed by atoms with Crippen molar-refractivity contribution in [3.63, 3.8) is 0 Å². The number of allylic oxidation sites excluding steroid dienone is 2. The first-order valence-corrected chi connectivity index (χ1v) is 5.08. The molecular formula is C11H27N2+. The summed E-state index contributed by atoms with van der Waals surface area (Å²) in [6.07, 6.45) is 2.06. The Morgan fingerprint density at radius 2 is 1.46 bits per heavy atom. The Bertz CT molecular complexity index is 135. The molecular weight excluding hydrogens is 160 g/mol. The van der Waals surface area contributed by atoms with Gasteiger partial charge in [-0.1, -0.05) is 27.7 Å². The largest absolute Gasteiger partial charge is 0.391 e. The zero-order chi connectivity index (χ0) is 11.3. The molecule has 0 aromatic carbocycles. The third-order valence-corrected chi connectivity index (χ3v) is 1.22. The molecule has 2 heteroatoms. The van der Waals surface area contributed by atoms with Gasteiger partial charge in [-0.2, -0.15) is 0 Å². The van der Waals surface area contributed by atoms with Crippen molar-refractivity contribution in [2.24, 2.45) is 0 Å². The number of rotatable bonds is 2. The van der Waals surface area contributed by atoms with Crippen LogP contribution in [0.2, 0.25) is 0 Å². The van der Waals surface area contributed by atoms with Crippen molar-refractivity contribution in [1.82, 2.24) is 5.32 Å². The van der Waals surface area contributed by atoms with Crippen LogP contribution in [0.25, 0.3) is 0 Å². The Kier molecular flexibility index (Phi) is 24.1. The van der Waals surface area contributed by atoms with Crippen LogP contribution >= 0.6 is 0 Å². The molecule has 2 N–H and O–H groups in total. The minimum Gasteiger partial charge on any atom is -0.391 e. The lowest BCUT2D eigenvalue weighted by atomic mass is 10.3. The number of hydrogen-bond acceptors (Lipinski definition) is 1. The van der Waals surface area contributed by atoms with Crippen molar-refractivity contribution in [2.75, 3.05) is 14.1 Å². The first kappa shape index (κ1) is 18.1. The summed E-state index contributed by atoms with van der Waals surface area (Å²) in [5.41, 5.74) is 2.34. The van der Waals surface area contributed by atoms with E-state index in [0.717, 1.165) is 0 Å². The summed E-state index contributed by atoms with van der Waals surface area (Å²) in [6.45, 7) is 12.1. The number of hydrogen-bond donors (Lipinski definition) is 2. The van der Waals surface area contributed by atoms with E-state index in [1.165, 1.54) is 11.4 Å². The van der Waals surface area contributed by atoms with Crippen LogP contribution in [0.15, 0.2) is 11.8 Å². The van der Waals surface area contributed by atoms with Crippen LogP contribution in [0.1, 0.15) is 41.5 Å². The second-order valence-corrected chi connectivity index (χ2v) is 2.01. The third-order valence-electron chi connectivity index (χ3n) is 1.22. The molecule has 0 radical (unpaired) electrons. The third kappa shape index (κ3) is 18.3. The predicted octanol–water partition coefficient (Wildman–Crippen LogP) is 1.33. The van der Waals surface area contributed by atoms with Gasteiger partial charge in [0.15, 0.2) is 5.71 Å². The lowest BCUT2D eigenvalue weighted by molar-refractivity contribution is -0.419. The highest BCUT2D eigenvalue weighted by Gasteiger charge is 1.88. The molecule has 0 saturated carbocycles. The first-order valence-electron chi connectivity index (χ1n) is 5.08. The van der Waals surface area contributed by atoms with Crippen molar-refractivity contribution < 1.29 is 4.99 Å². The lowest BCUT2D eigenvalue weighted by Crippen LogP contribution is -2.66. The molecule has 0 unspecified atom stereocenters. The molecule has 13 heavy (non-hydrogen) atoms. The average molecular weight is 187 g/mol. The fourth-order valence-electron chi connectivity index (χ4n) is 0.469. The van der Waals surface area contributed by atoms with Crippen molar-refractivity contribution >= 4 is 5.71 Å². The SMILES string of the molecule is CC.CC.CN/C(C)=C/C(C)=[NH+]C. The molecule has 0 saturated heterocycles. The van der Waals surface area contributed by atoms with E-state index in [0.29, 0.717) is 0 Å². The summed E-state index contributed by atoms with van der Waals surface area (Å²) >= 11 is 0. The van der Waals surface area contributed by atoms with E-state index in [-0.39, 0.29) is 0 Å². The summed E-state index contributed by atoms with van der Waals surface area (Å²) in [6, 6.07) is 0. The molecule has 2 nitrogen and oxygen atoms in total. The standard InChI is InChI=1S/C7H14N2.2C2H6/c1-6(8-3)5-7(2)9-4;2*1-2/h5,8H,1-4H3;2*1-2H3/p+1/b6-5+,9-7?;;. The Balaban J connectivity index is -0.000000218. The zero-order valence-corrected chi connectivity index (χ0v) is 10.6. The fraction of sp³-hybridized carbons (Fsp3) is 0.727. The van der Waals surface area contributed by atoms with Crippen LogP contribution in [0, 0.1) is 0 Å². The zero-order valence-electron chi connectivity index (χ0n) is 10.6. The minimum atomic E-state index is 1.17. The van der Waals surface area contributed by atoms with Gasteiger partial charge < -0.3 is 5.32 Å². The highest BCUT2D eigenvalue weighted by molar-refractivity contribution is 5.88. The highest BCUT2D eigenvalue weighted by Crippen LogP contribution is 1.81. The molecule has 0 atom stereocenters. The molecule has 0 aromatic heterocycles. The van der Waals surface area contributed by atoms with Crippen molar-refractivity contribution in [3.8, 4) is 0 Å². The smallest absolute Gasteiger partial charge is 0.172 e. The second kappa shape index (κ2) is 17.3. The quantitative estimate of drug-likeness (QED) is 0.627. The van der Waals surface area contributed by atoms with Crippen LogP contribution in [-0.2, 0) is 0 Å². The maximum atomic E-state index is 3.03. The van der Waals surface area contributed by atoms with Crippen molar-refractivity contribution in [1.29, 1.82) is 0 Å². The molecule has 0 aromatic rings. The van der Waals surface area contributed by atoms with Gasteiger partial charge in [0.05, 0.1) is 0 Å². The molecule has 0 heterocycles. The lowest BCUT2D eigenvalue weighted by Gasteiger charge is -1.93. The highest BCUT2D eigenvalue weighted by atomic mass is 14.8. The van der Waals surface area contributed by atoms with E-state index in [4.69, 9.17) is 0 Å². The topological polar surface area (TPSA) is 26.0 Å². The van der Waals surface area contributed by atoms with E-state index < -0.39 is 0 Å². The van der Waals surface area contributed by atoms with Gasteiger partial charge in [-0.25, -0.2) is 4.99 Å². The van der Waals surface area contributed by atoms with Crippen LogP contribution in [0.4, 0.5) is 0 Å². The predicted molar refractivity (Wildman–Crippen MR) is 63.1 cm³/mol. The van der Waals surface area contributed by atoms with Crippen molar-refractivity contribution in [3.05, 3.63) is 11.8 Å². The maximum absolute atomic E-state index is 3.03.